The van der Waals surface area contributed by atoms with Gasteiger partial charge < -0.3 is 10.6 Å². The molecule has 1 fully saturated rings. The lowest BCUT2D eigenvalue weighted by Crippen LogP contribution is -2.09. The van der Waals surface area contributed by atoms with Gasteiger partial charge in [0.15, 0.2) is 0 Å². The molecule has 1 aromatic heterocycles. The van der Waals surface area contributed by atoms with Crippen molar-refractivity contribution in [2.75, 3.05) is 24.2 Å². The van der Waals surface area contributed by atoms with Crippen LogP contribution in [0.2, 0.25) is 0 Å². The largest absolute Gasteiger partial charge is 0.369 e. The number of nitrogens with one attached hydrogen (secondary N) is 2. The van der Waals surface area contributed by atoms with Gasteiger partial charge in [-0.05, 0) is 25.2 Å². The normalized spacial score (nSPS) is 23.7. The highest BCUT2D eigenvalue weighted by molar-refractivity contribution is 5.46. The fourth-order valence-electron chi connectivity index (χ4n) is 1.65. The average Bonchev–Trinajstić information content (AvgIpc) is 2.94. The Morgan fingerprint density at radius 2 is 2.27 bits per heavy atom. The lowest BCUT2D eigenvalue weighted by Gasteiger charge is -2.08. The minimum Gasteiger partial charge on any atom is -0.369 e. The summed E-state index contributed by atoms with van der Waals surface area (Å²) in [4.78, 5) is 8.54. The van der Waals surface area contributed by atoms with E-state index in [-0.39, 0.29) is 0 Å². The van der Waals surface area contributed by atoms with Crippen molar-refractivity contribution in [2.24, 2.45) is 11.8 Å². The Morgan fingerprint density at radius 1 is 1.53 bits per heavy atom. The van der Waals surface area contributed by atoms with Crippen molar-refractivity contribution in [1.29, 1.82) is 0 Å². The van der Waals surface area contributed by atoms with Crippen LogP contribution in [0.1, 0.15) is 18.9 Å². The molecule has 1 heterocycles. The molecule has 4 heteroatoms. The third kappa shape index (κ3) is 2.37. The molecule has 2 N–H and O–H groups in total. The zero-order valence-corrected chi connectivity index (χ0v) is 9.54. The third-order valence-corrected chi connectivity index (χ3v) is 3.00. The van der Waals surface area contributed by atoms with Crippen LogP contribution >= 0.6 is 0 Å². The fraction of sp³-hybridized carbons (Fsp3) is 0.636. The van der Waals surface area contributed by atoms with Gasteiger partial charge in [-0.3, -0.25) is 0 Å². The highest BCUT2D eigenvalue weighted by Gasteiger charge is 2.32. The summed E-state index contributed by atoms with van der Waals surface area (Å²) in [7, 11) is 1.83. The summed E-state index contributed by atoms with van der Waals surface area (Å²) in [5, 5.41) is 6.33. The van der Waals surface area contributed by atoms with E-state index in [1.807, 2.05) is 20.2 Å². The molecule has 2 atom stereocenters. The first-order valence-corrected chi connectivity index (χ1v) is 5.46. The Kier molecular flexibility index (Phi) is 2.75. The Bertz CT molecular complexity index is 350. The van der Waals surface area contributed by atoms with E-state index in [0.29, 0.717) is 5.95 Å². The molecule has 1 saturated carbocycles. The maximum atomic E-state index is 4.38. The van der Waals surface area contributed by atoms with Gasteiger partial charge in [0.1, 0.15) is 5.82 Å². The maximum Gasteiger partial charge on any atom is 0.224 e. The first-order valence-electron chi connectivity index (χ1n) is 5.46. The second-order valence-electron chi connectivity index (χ2n) is 4.33. The van der Waals surface area contributed by atoms with Gasteiger partial charge in [0, 0.05) is 25.4 Å². The van der Waals surface area contributed by atoms with Crippen molar-refractivity contribution in [2.45, 2.75) is 20.3 Å². The van der Waals surface area contributed by atoms with Crippen LogP contribution in [0.5, 0.6) is 0 Å². The molecule has 0 amide bonds. The highest BCUT2D eigenvalue weighted by atomic mass is 15.1. The number of anilines is 2. The lowest BCUT2D eigenvalue weighted by molar-refractivity contribution is 0.783. The summed E-state index contributed by atoms with van der Waals surface area (Å²) in [5.74, 6) is 3.33. The number of aryl methyl sites for hydroxylation is 1. The second kappa shape index (κ2) is 4.04. The van der Waals surface area contributed by atoms with Crippen molar-refractivity contribution >= 4 is 11.8 Å². The molecule has 1 aliphatic rings. The summed E-state index contributed by atoms with van der Waals surface area (Å²) in [6.07, 6.45) is 3.19. The minimum absolute atomic E-state index is 0.673. The van der Waals surface area contributed by atoms with Crippen LogP contribution in [-0.4, -0.2) is 23.6 Å². The number of aromatic nitrogens is 2. The Labute approximate surface area is 90.5 Å². The van der Waals surface area contributed by atoms with Crippen molar-refractivity contribution in [3.05, 3.63) is 11.8 Å². The Balaban J connectivity index is 1.99. The number of hydrogen-bond donors (Lipinski definition) is 2. The molecule has 2 unspecified atom stereocenters. The molecule has 0 aliphatic heterocycles. The fourth-order valence-corrected chi connectivity index (χ4v) is 1.65. The molecule has 0 spiro atoms. The van der Waals surface area contributed by atoms with Gasteiger partial charge >= 0.3 is 0 Å². The van der Waals surface area contributed by atoms with Crippen molar-refractivity contribution in [3.8, 4) is 0 Å². The Morgan fingerprint density at radius 3 is 2.87 bits per heavy atom. The monoisotopic (exact) mass is 206 g/mol. The van der Waals surface area contributed by atoms with Crippen molar-refractivity contribution in [3.63, 3.8) is 0 Å². The summed E-state index contributed by atoms with van der Waals surface area (Å²) in [6.45, 7) is 5.35. The number of nitrogens with zero attached hydrogens (tertiary/aromatic N) is 2. The topological polar surface area (TPSA) is 49.8 Å². The zero-order chi connectivity index (χ0) is 10.8. The van der Waals surface area contributed by atoms with E-state index >= 15 is 0 Å². The summed E-state index contributed by atoms with van der Waals surface area (Å²) >= 11 is 0. The lowest BCUT2D eigenvalue weighted by atomic mass is 10.3. The molecule has 0 aromatic carbocycles. The van der Waals surface area contributed by atoms with Crippen LogP contribution in [0.15, 0.2) is 6.20 Å². The van der Waals surface area contributed by atoms with Crippen LogP contribution < -0.4 is 10.6 Å². The molecule has 0 saturated heterocycles. The van der Waals surface area contributed by atoms with Gasteiger partial charge in [-0.1, -0.05) is 6.92 Å². The van der Waals surface area contributed by atoms with E-state index < -0.39 is 0 Å². The molecular weight excluding hydrogens is 188 g/mol. The minimum atomic E-state index is 0.673. The molecule has 1 aromatic rings. The summed E-state index contributed by atoms with van der Waals surface area (Å²) in [5.41, 5.74) is 1.10. The molecule has 82 valence electrons. The zero-order valence-electron chi connectivity index (χ0n) is 9.54. The predicted octanol–water partition coefficient (Wildman–Crippen LogP) is 1.89. The van der Waals surface area contributed by atoms with Gasteiger partial charge in [0.2, 0.25) is 5.95 Å². The average molecular weight is 206 g/mol. The van der Waals surface area contributed by atoms with E-state index in [0.717, 1.165) is 29.8 Å². The van der Waals surface area contributed by atoms with Crippen LogP contribution in [0, 0.1) is 18.8 Å². The molecule has 0 radical (unpaired) electrons. The summed E-state index contributed by atoms with van der Waals surface area (Å²) in [6, 6.07) is 0. The van der Waals surface area contributed by atoms with E-state index in [2.05, 4.69) is 27.5 Å². The van der Waals surface area contributed by atoms with E-state index in [1.54, 1.807) is 0 Å². The number of rotatable bonds is 4. The quantitative estimate of drug-likeness (QED) is 0.790. The first kappa shape index (κ1) is 10.2. The van der Waals surface area contributed by atoms with Gasteiger partial charge in [-0.2, -0.15) is 4.98 Å². The van der Waals surface area contributed by atoms with Gasteiger partial charge in [-0.25, -0.2) is 4.98 Å². The SMILES string of the molecule is CNc1ncc(C)c(NCC2CC2C)n1. The second-order valence-corrected chi connectivity index (χ2v) is 4.33. The van der Waals surface area contributed by atoms with Crippen molar-refractivity contribution < 1.29 is 0 Å². The molecular formula is C11H18N4. The smallest absolute Gasteiger partial charge is 0.224 e. The number of hydrogen-bond acceptors (Lipinski definition) is 4. The highest BCUT2D eigenvalue weighted by Crippen LogP contribution is 2.37. The van der Waals surface area contributed by atoms with Gasteiger partial charge in [-0.15, -0.1) is 0 Å². The molecule has 1 aliphatic carbocycles. The Hall–Kier alpha value is -1.32. The van der Waals surface area contributed by atoms with Gasteiger partial charge in [0.05, 0.1) is 0 Å². The summed E-state index contributed by atoms with van der Waals surface area (Å²) < 4.78 is 0. The van der Waals surface area contributed by atoms with Crippen LogP contribution in [0.25, 0.3) is 0 Å². The van der Waals surface area contributed by atoms with Crippen LogP contribution in [-0.2, 0) is 0 Å². The molecule has 15 heavy (non-hydrogen) atoms. The van der Waals surface area contributed by atoms with Gasteiger partial charge in [0.25, 0.3) is 0 Å². The predicted molar refractivity (Wildman–Crippen MR) is 62.1 cm³/mol. The van der Waals surface area contributed by atoms with E-state index in [1.165, 1.54) is 6.42 Å². The van der Waals surface area contributed by atoms with Crippen molar-refractivity contribution in [1.82, 2.24) is 9.97 Å². The van der Waals surface area contributed by atoms with E-state index in [4.69, 9.17) is 0 Å². The molecule has 4 nitrogen and oxygen atoms in total. The third-order valence-electron chi connectivity index (χ3n) is 3.00. The molecule has 2 rings (SSSR count). The molecule has 0 bridgehead atoms. The van der Waals surface area contributed by atoms with Crippen LogP contribution in [0.4, 0.5) is 11.8 Å². The standard InChI is InChI=1S/C11H18N4/c1-7-4-9(7)6-13-10-8(2)5-14-11(12-3)15-10/h5,7,9H,4,6H2,1-3H3,(H2,12,13,14,15). The first-order chi connectivity index (χ1) is 7.20. The van der Waals surface area contributed by atoms with Crippen LogP contribution in [0.3, 0.4) is 0 Å². The maximum absolute atomic E-state index is 4.38. The van der Waals surface area contributed by atoms with E-state index in [9.17, 15) is 0 Å².